The standard InChI is InChI=1S/C45H80NO8P/c1-3-5-7-9-11-13-15-17-19-21-23-25-27-29-31-33-35-37-44(47)51-41-43(42-53-55(49,50)52-40-39-46)54-45(48)38-36-34-32-30-28-26-24-22-20-18-16-14-12-10-8-6-4-2/h6,8,12,14,17-20,24,26,43H,3-5,7,9-11,13,15-16,21-23,25,27-42,46H2,1-2H3,(H,49,50). The predicted octanol–water partition coefficient (Wildman–Crippen LogP) is 12.5. The molecule has 0 aliphatic rings. The van der Waals surface area contributed by atoms with E-state index in [9.17, 15) is 19.0 Å². The van der Waals surface area contributed by atoms with Crippen molar-refractivity contribution in [3.05, 3.63) is 60.8 Å². The number of hydrogen-bond donors (Lipinski definition) is 2. The summed E-state index contributed by atoms with van der Waals surface area (Å²) in [4.78, 5) is 34.9. The zero-order valence-corrected chi connectivity index (χ0v) is 35.8. The minimum Gasteiger partial charge on any atom is -0.462 e. The molecule has 0 amide bonds. The van der Waals surface area contributed by atoms with Gasteiger partial charge in [-0.05, 0) is 77.0 Å². The number of unbranched alkanes of at least 4 members (excludes halogenated alkanes) is 17. The lowest BCUT2D eigenvalue weighted by atomic mass is 10.1. The zero-order valence-electron chi connectivity index (χ0n) is 34.9. The van der Waals surface area contributed by atoms with Crippen LogP contribution in [0.15, 0.2) is 60.8 Å². The lowest BCUT2D eigenvalue weighted by Gasteiger charge is -2.19. The molecule has 0 saturated heterocycles. The Morgan fingerprint density at radius 1 is 0.564 bits per heavy atom. The molecule has 3 N–H and O–H groups in total. The lowest BCUT2D eigenvalue weighted by molar-refractivity contribution is -0.161. The van der Waals surface area contributed by atoms with Crippen LogP contribution in [0.1, 0.15) is 181 Å². The van der Waals surface area contributed by atoms with Crippen molar-refractivity contribution in [3.63, 3.8) is 0 Å². The third-order valence-corrected chi connectivity index (χ3v) is 9.87. The molecule has 10 heteroatoms. The Hall–Kier alpha value is -2.29. The Kier molecular flexibility index (Phi) is 39.6. The third-order valence-electron chi connectivity index (χ3n) is 8.89. The quantitative estimate of drug-likeness (QED) is 0.0269. The summed E-state index contributed by atoms with van der Waals surface area (Å²) in [6.45, 7) is 3.57. The summed E-state index contributed by atoms with van der Waals surface area (Å²) >= 11 is 0. The molecule has 55 heavy (non-hydrogen) atoms. The summed E-state index contributed by atoms with van der Waals surface area (Å²) in [6, 6.07) is 0. The Balaban J connectivity index is 4.21. The number of allylic oxidation sites excluding steroid dienone is 10. The van der Waals surface area contributed by atoms with E-state index in [1.54, 1.807) is 0 Å². The second kappa shape index (κ2) is 41.3. The first-order valence-electron chi connectivity index (χ1n) is 21.8. The molecule has 0 radical (unpaired) electrons. The number of rotatable bonds is 40. The molecule has 2 unspecified atom stereocenters. The van der Waals surface area contributed by atoms with Crippen LogP contribution >= 0.6 is 7.82 Å². The molecule has 0 aromatic heterocycles. The van der Waals surface area contributed by atoms with Gasteiger partial charge in [-0.25, -0.2) is 4.57 Å². The first kappa shape index (κ1) is 52.7. The molecule has 318 valence electrons. The maximum atomic E-state index is 12.6. The summed E-state index contributed by atoms with van der Waals surface area (Å²) in [6.07, 6.45) is 48.2. The predicted molar refractivity (Wildman–Crippen MR) is 229 cm³/mol. The van der Waals surface area contributed by atoms with Crippen LogP contribution in [0, 0.1) is 0 Å². The van der Waals surface area contributed by atoms with Gasteiger partial charge in [0.2, 0.25) is 0 Å². The van der Waals surface area contributed by atoms with E-state index in [2.05, 4.69) is 74.6 Å². The zero-order chi connectivity index (χ0) is 40.3. The van der Waals surface area contributed by atoms with E-state index < -0.39 is 32.5 Å². The Bertz CT molecular complexity index is 1090. The molecule has 0 aliphatic carbocycles. The molecule has 9 nitrogen and oxygen atoms in total. The summed E-state index contributed by atoms with van der Waals surface area (Å²) in [5.41, 5.74) is 5.34. The van der Waals surface area contributed by atoms with Crippen LogP contribution in [0.25, 0.3) is 0 Å². The average Bonchev–Trinajstić information content (AvgIpc) is 3.17. The molecule has 0 bridgehead atoms. The van der Waals surface area contributed by atoms with E-state index in [1.165, 1.54) is 64.2 Å². The van der Waals surface area contributed by atoms with E-state index in [1.807, 2.05) is 0 Å². The molecule has 0 fully saturated rings. The van der Waals surface area contributed by atoms with Gasteiger partial charge in [0.15, 0.2) is 6.10 Å². The van der Waals surface area contributed by atoms with Crippen molar-refractivity contribution in [3.8, 4) is 0 Å². The second-order valence-corrected chi connectivity index (χ2v) is 15.6. The maximum absolute atomic E-state index is 12.6. The van der Waals surface area contributed by atoms with Crippen molar-refractivity contribution in [2.75, 3.05) is 26.4 Å². The van der Waals surface area contributed by atoms with Crippen molar-refractivity contribution >= 4 is 19.8 Å². The van der Waals surface area contributed by atoms with Gasteiger partial charge < -0.3 is 20.1 Å². The van der Waals surface area contributed by atoms with Gasteiger partial charge in [-0.1, -0.05) is 152 Å². The summed E-state index contributed by atoms with van der Waals surface area (Å²) in [7, 11) is -4.39. The van der Waals surface area contributed by atoms with Crippen molar-refractivity contribution < 1.29 is 37.6 Å². The number of phosphoric acid groups is 1. The smallest absolute Gasteiger partial charge is 0.462 e. The molecule has 0 spiro atoms. The van der Waals surface area contributed by atoms with Gasteiger partial charge >= 0.3 is 19.8 Å². The molecule has 0 aliphatic heterocycles. The molecule has 0 saturated carbocycles. The number of ether oxygens (including phenoxy) is 2. The fraction of sp³-hybridized carbons (Fsp3) is 0.733. The summed E-state index contributed by atoms with van der Waals surface area (Å²) in [5, 5.41) is 0. The highest BCUT2D eigenvalue weighted by atomic mass is 31.2. The largest absolute Gasteiger partial charge is 0.472 e. The van der Waals surface area contributed by atoms with Crippen molar-refractivity contribution in [1.29, 1.82) is 0 Å². The normalized spacial score (nSPS) is 13.9. The highest BCUT2D eigenvalue weighted by Crippen LogP contribution is 2.43. The van der Waals surface area contributed by atoms with Crippen LogP contribution in [0.2, 0.25) is 0 Å². The van der Waals surface area contributed by atoms with E-state index in [-0.39, 0.29) is 32.6 Å². The van der Waals surface area contributed by atoms with Crippen LogP contribution in [0.4, 0.5) is 0 Å². The van der Waals surface area contributed by atoms with Gasteiger partial charge in [-0.15, -0.1) is 0 Å². The SMILES string of the molecule is CCC=CCC=CCC=CCC=CCCCCCCC(=O)OC(COC(=O)CCCCCCCCCC=CCCCCCCCC)COP(=O)(O)OCCN. The van der Waals surface area contributed by atoms with Gasteiger partial charge in [0, 0.05) is 19.4 Å². The fourth-order valence-electron chi connectivity index (χ4n) is 5.68. The number of carbonyl (C=O) groups is 2. The Labute approximate surface area is 336 Å². The molecular weight excluding hydrogens is 713 g/mol. The number of carbonyl (C=O) groups excluding carboxylic acids is 2. The summed E-state index contributed by atoms with van der Waals surface area (Å²) < 4.78 is 32.8. The van der Waals surface area contributed by atoms with Crippen molar-refractivity contribution in [1.82, 2.24) is 0 Å². The molecule has 0 heterocycles. The highest BCUT2D eigenvalue weighted by molar-refractivity contribution is 7.47. The first-order chi connectivity index (χ1) is 26.8. The minimum atomic E-state index is -4.39. The van der Waals surface area contributed by atoms with Gasteiger partial charge in [0.25, 0.3) is 0 Å². The molecule has 0 aromatic carbocycles. The fourth-order valence-corrected chi connectivity index (χ4v) is 6.44. The molecular formula is C45H80NO8P. The van der Waals surface area contributed by atoms with E-state index in [0.717, 1.165) is 83.5 Å². The van der Waals surface area contributed by atoms with Gasteiger partial charge in [-0.2, -0.15) is 0 Å². The highest BCUT2D eigenvalue weighted by Gasteiger charge is 2.26. The Morgan fingerprint density at radius 2 is 1.00 bits per heavy atom. The van der Waals surface area contributed by atoms with Gasteiger partial charge in [0.05, 0.1) is 13.2 Å². The average molecular weight is 794 g/mol. The van der Waals surface area contributed by atoms with Gasteiger partial charge in [-0.3, -0.25) is 18.6 Å². The van der Waals surface area contributed by atoms with Crippen molar-refractivity contribution in [2.45, 2.75) is 187 Å². The number of nitrogens with two attached hydrogens (primary N) is 1. The number of hydrogen-bond acceptors (Lipinski definition) is 8. The molecule has 0 rings (SSSR count). The first-order valence-corrected chi connectivity index (χ1v) is 23.3. The minimum absolute atomic E-state index is 0.0460. The molecule has 2 atom stereocenters. The summed E-state index contributed by atoms with van der Waals surface area (Å²) in [5.74, 6) is -0.864. The van der Waals surface area contributed by atoms with Crippen LogP contribution < -0.4 is 5.73 Å². The third kappa shape index (κ3) is 41.2. The van der Waals surface area contributed by atoms with Gasteiger partial charge in [0.1, 0.15) is 6.61 Å². The van der Waals surface area contributed by atoms with Crippen LogP contribution in [-0.4, -0.2) is 49.3 Å². The number of esters is 2. The topological polar surface area (TPSA) is 134 Å². The lowest BCUT2D eigenvalue weighted by Crippen LogP contribution is -2.29. The Morgan fingerprint density at radius 3 is 1.51 bits per heavy atom. The van der Waals surface area contributed by atoms with Crippen LogP contribution in [0.5, 0.6) is 0 Å². The number of phosphoric ester groups is 1. The van der Waals surface area contributed by atoms with Crippen LogP contribution in [0.3, 0.4) is 0 Å². The van der Waals surface area contributed by atoms with E-state index >= 15 is 0 Å². The van der Waals surface area contributed by atoms with E-state index in [4.69, 9.17) is 24.3 Å². The molecule has 0 aromatic rings. The second-order valence-electron chi connectivity index (χ2n) is 14.2. The monoisotopic (exact) mass is 794 g/mol. The maximum Gasteiger partial charge on any atom is 0.472 e. The van der Waals surface area contributed by atoms with Crippen molar-refractivity contribution in [2.24, 2.45) is 5.73 Å². The van der Waals surface area contributed by atoms with E-state index in [0.29, 0.717) is 6.42 Å². The van der Waals surface area contributed by atoms with Crippen LogP contribution in [-0.2, 0) is 32.7 Å².